The second-order valence-electron chi connectivity index (χ2n) is 9.59. The first-order valence-electron chi connectivity index (χ1n) is 11.4. The number of anilines is 1. The smallest absolute Gasteiger partial charge is 0.394 e. The first kappa shape index (κ1) is 22.4. The SMILES string of the molecule is CC(=O)N1CC2CN(c3cc(C4CC4)ccn3)CC2C1.OCC(C1CCC1)C(F)(F)F. The lowest BCUT2D eigenvalue weighted by molar-refractivity contribution is -0.205. The Hall–Kier alpha value is -1.83. The van der Waals surface area contributed by atoms with Gasteiger partial charge >= 0.3 is 6.18 Å². The lowest BCUT2D eigenvalue weighted by Crippen LogP contribution is -2.36. The van der Waals surface area contributed by atoms with Gasteiger partial charge in [0.1, 0.15) is 5.82 Å². The van der Waals surface area contributed by atoms with Crippen molar-refractivity contribution in [1.82, 2.24) is 9.88 Å². The van der Waals surface area contributed by atoms with Gasteiger partial charge in [-0.05, 0) is 55.2 Å². The molecule has 1 aromatic rings. The zero-order valence-corrected chi connectivity index (χ0v) is 18.0. The number of hydrogen-bond donors (Lipinski definition) is 1. The number of aliphatic hydroxyl groups excluding tert-OH is 1. The third kappa shape index (κ3) is 5.16. The van der Waals surface area contributed by atoms with Crippen LogP contribution in [0.1, 0.15) is 50.5 Å². The molecule has 0 spiro atoms. The average molecular weight is 440 g/mol. The molecule has 5 nitrogen and oxygen atoms in total. The van der Waals surface area contributed by atoms with Gasteiger partial charge in [0.25, 0.3) is 0 Å². The summed E-state index contributed by atoms with van der Waals surface area (Å²) in [6.07, 6.45) is 2.52. The molecule has 2 aliphatic heterocycles. The van der Waals surface area contributed by atoms with E-state index >= 15 is 0 Å². The van der Waals surface area contributed by atoms with Crippen molar-refractivity contribution in [1.29, 1.82) is 0 Å². The molecule has 2 saturated heterocycles. The molecular weight excluding hydrogens is 407 g/mol. The summed E-state index contributed by atoms with van der Waals surface area (Å²) in [5.41, 5.74) is 1.46. The Morgan fingerprint density at radius 3 is 2.23 bits per heavy atom. The van der Waals surface area contributed by atoms with Crippen LogP contribution in [0.25, 0.3) is 0 Å². The van der Waals surface area contributed by atoms with E-state index < -0.39 is 18.7 Å². The molecule has 1 N–H and O–H groups in total. The Kier molecular flexibility index (Phi) is 6.47. The number of nitrogens with zero attached hydrogens (tertiary/aromatic N) is 3. The van der Waals surface area contributed by atoms with Crippen LogP contribution in [-0.4, -0.2) is 59.9 Å². The van der Waals surface area contributed by atoms with Crippen LogP contribution >= 0.6 is 0 Å². The Morgan fingerprint density at radius 2 is 1.81 bits per heavy atom. The number of rotatable bonds is 4. The van der Waals surface area contributed by atoms with Crippen molar-refractivity contribution in [3.8, 4) is 0 Å². The highest BCUT2D eigenvalue weighted by atomic mass is 19.4. The highest BCUT2D eigenvalue weighted by Gasteiger charge is 2.45. The fraction of sp³-hybridized carbons (Fsp3) is 0.739. The average Bonchev–Trinajstić information content (AvgIpc) is 3.33. The molecule has 2 aliphatic carbocycles. The molecule has 5 rings (SSSR count). The monoisotopic (exact) mass is 439 g/mol. The first-order chi connectivity index (χ1) is 14.8. The summed E-state index contributed by atoms with van der Waals surface area (Å²) in [4.78, 5) is 20.4. The van der Waals surface area contributed by atoms with Crippen LogP contribution in [0, 0.1) is 23.7 Å². The summed E-state index contributed by atoms with van der Waals surface area (Å²) in [5, 5.41) is 8.48. The Morgan fingerprint density at radius 1 is 1.16 bits per heavy atom. The maximum absolute atomic E-state index is 12.0. The summed E-state index contributed by atoms with van der Waals surface area (Å²) >= 11 is 0. The predicted octanol–water partition coefficient (Wildman–Crippen LogP) is 3.83. The molecule has 1 aromatic heterocycles. The van der Waals surface area contributed by atoms with E-state index in [9.17, 15) is 18.0 Å². The standard InChI is InChI=1S/C16H21N3O.C7H11F3O/c1-11(20)18-7-14-9-19(10-15(14)8-18)16-6-13(4-5-17-16)12-2-3-12;8-7(9,10)6(4-11)5-2-1-3-5/h4-6,12,14-15H,2-3,7-10H2,1H3;5-6,11H,1-4H2. The maximum Gasteiger partial charge on any atom is 0.394 e. The molecule has 3 unspecified atom stereocenters. The van der Waals surface area contributed by atoms with E-state index in [-0.39, 0.29) is 11.8 Å². The fourth-order valence-corrected chi connectivity index (χ4v) is 5.08. The summed E-state index contributed by atoms with van der Waals surface area (Å²) in [6, 6.07) is 4.44. The second kappa shape index (κ2) is 8.96. The number of halogens is 3. The number of likely N-dealkylation sites (tertiary alicyclic amines) is 1. The highest BCUT2D eigenvalue weighted by Crippen LogP contribution is 2.42. The molecule has 1 amide bonds. The van der Waals surface area contributed by atoms with E-state index in [0.717, 1.165) is 44.3 Å². The van der Waals surface area contributed by atoms with Gasteiger partial charge in [0.2, 0.25) is 5.91 Å². The van der Waals surface area contributed by atoms with Gasteiger partial charge in [0.05, 0.1) is 12.5 Å². The zero-order valence-electron chi connectivity index (χ0n) is 18.0. The summed E-state index contributed by atoms with van der Waals surface area (Å²) in [5.74, 6) is 1.61. The van der Waals surface area contributed by atoms with Crippen molar-refractivity contribution < 1.29 is 23.1 Å². The number of alkyl halides is 3. The van der Waals surface area contributed by atoms with Crippen LogP contribution in [0.2, 0.25) is 0 Å². The number of carbonyl (C=O) groups excluding carboxylic acids is 1. The minimum atomic E-state index is -4.21. The van der Waals surface area contributed by atoms with Gasteiger partial charge in [0, 0.05) is 51.1 Å². The molecule has 3 atom stereocenters. The second-order valence-corrected chi connectivity index (χ2v) is 9.59. The zero-order chi connectivity index (χ0) is 22.2. The van der Waals surface area contributed by atoms with Gasteiger partial charge < -0.3 is 14.9 Å². The van der Waals surface area contributed by atoms with Gasteiger partial charge in [-0.2, -0.15) is 13.2 Å². The van der Waals surface area contributed by atoms with Crippen molar-refractivity contribution in [2.45, 2.75) is 51.1 Å². The van der Waals surface area contributed by atoms with Crippen molar-refractivity contribution in [2.24, 2.45) is 23.7 Å². The van der Waals surface area contributed by atoms with Crippen molar-refractivity contribution >= 4 is 11.7 Å². The van der Waals surface area contributed by atoms with Crippen LogP contribution in [0.15, 0.2) is 18.3 Å². The van der Waals surface area contributed by atoms with E-state index in [1.165, 1.54) is 18.4 Å². The Bertz CT molecular complexity index is 766. The summed E-state index contributed by atoms with van der Waals surface area (Å²) in [7, 11) is 0. The molecule has 0 bridgehead atoms. The van der Waals surface area contributed by atoms with Gasteiger partial charge in [-0.3, -0.25) is 4.79 Å². The van der Waals surface area contributed by atoms with E-state index in [1.54, 1.807) is 6.92 Å². The van der Waals surface area contributed by atoms with E-state index in [2.05, 4.69) is 22.0 Å². The molecule has 3 heterocycles. The number of amides is 1. The number of carbonyl (C=O) groups is 1. The normalized spacial score (nSPS) is 26.7. The highest BCUT2D eigenvalue weighted by molar-refractivity contribution is 5.73. The van der Waals surface area contributed by atoms with Crippen molar-refractivity contribution in [3.05, 3.63) is 23.9 Å². The molecule has 0 aromatic carbocycles. The summed E-state index contributed by atoms with van der Waals surface area (Å²) < 4.78 is 36.1. The van der Waals surface area contributed by atoms with E-state index in [0.29, 0.717) is 24.7 Å². The fourth-order valence-electron chi connectivity index (χ4n) is 5.08. The third-order valence-electron chi connectivity index (χ3n) is 7.41. The third-order valence-corrected chi connectivity index (χ3v) is 7.41. The molecule has 4 aliphatic rings. The van der Waals surface area contributed by atoms with Crippen molar-refractivity contribution in [2.75, 3.05) is 37.7 Å². The number of aliphatic hydroxyl groups is 1. The lowest BCUT2D eigenvalue weighted by Gasteiger charge is -2.33. The molecule has 172 valence electrons. The van der Waals surface area contributed by atoms with Gasteiger partial charge in [-0.1, -0.05) is 6.42 Å². The molecule has 0 radical (unpaired) electrons. The molecule has 4 fully saturated rings. The topological polar surface area (TPSA) is 56.7 Å². The Balaban J connectivity index is 0.000000180. The van der Waals surface area contributed by atoms with Crippen molar-refractivity contribution in [3.63, 3.8) is 0 Å². The lowest BCUT2D eigenvalue weighted by atomic mass is 9.76. The van der Waals surface area contributed by atoms with Crippen LogP contribution in [0.5, 0.6) is 0 Å². The maximum atomic E-state index is 12.0. The van der Waals surface area contributed by atoms with Crippen LogP contribution < -0.4 is 4.90 Å². The number of aromatic nitrogens is 1. The van der Waals surface area contributed by atoms with E-state index in [4.69, 9.17) is 5.11 Å². The number of hydrogen-bond acceptors (Lipinski definition) is 4. The van der Waals surface area contributed by atoms with Gasteiger partial charge in [0.15, 0.2) is 0 Å². The number of pyridine rings is 1. The van der Waals surface area contributed by atoms with Gasteiger partial charge in [-0.15, -0.1) is 0 Å². The largest absolute Gasteiger partial charge is 0.396 e. The number of fused-ring (bicyclic) bond motifs is 1. The molecule has 2 saturated carbocycles. The van der Waals surface area contributed by atoms with Crippen LogP contribution in [-0.2, 0) is 4.79 Å². The summed E-state index contributed by atoms with van der Waals surface area (Å²) in [6.45, 7) is 4.89. The van der Waals surface area contributed by atoms with Gasteiger partial charge in [-0.25, -0.2) is 4.98 Å². The van der Waals surface area contributed by atoms with Crippen LogP contribution in [0.3, 0.4) is 0 Å². The molecule has 31 heavy (non-hydrogen) atoms. The van der Waals surface area contributed by atoms with E-state index in [1.807, 2.05) is 11.1 Å². The molecule has 8 heteroatoms. The van der Waals surface area contributed by atoms with Crippen LogP contribution in [0.4, 0.5) is 19.0 Å². The minimum Gasteiger partial charge on any atom is -0.396 e. The minimum absolute atomic E-state index is 0.222. The Labute approximate surface area is 181 Å². The predicted molar refractivity (Wildman–Crippen MR) is 112 cm³/mol. The molecular formula is C23H32F3N3O2. The quantitative estimate of drug-likeness (QED) is 0.775. The first-order valence-corrected chi connectivity index (χ1v) is 11.4.